The van der Waals surface area contributed by atoms with Crippen LogP contribution in [-0.4, -0.2) is 62.4 Å². The van der Waals surface area contributed by atoms with Crippen LogP contribution in [0.4, 0.5) is 10.5 Å². The van der Waals surface area contributed by atoms with Crippen LogP contribution in [0.25, 0.3) is 0 Å². The minimum atomic E-state index is -0.335. The molecule has 0 aromatic heterocycles. The molecule has 0 radical (unpaired) electrons. The largest absolute Gasteiger partial charge is 0.448 e. The van der Waals surface area contributed by atoms with Crippen LogP contribution in [-0.2, 0) is 16.0 Å². The van der Waals surface area contributed by atoms with Crippen molar-refractivity contribution in [1.29, 1.82) is 0 Å². The molecule has 4 aliphatic rings. The molecule has 0 bridgehead atoms. The number of amides is 1. The van der Waals surface area contributed by atoms with Crippen molar-refractivity contribution in [3.63, 3.8) is 0 Å². The zero-order valence-corrected chi connectivity index (χ0v) is 30.9. The van der Waals surface area contributed by atoms with Gasteiger partial charge in [-0.2, -0.15) is 0 Å². The highest BCUT2D eigenvalue weighted by Crippen LogP contribution is 2.62. The summed E-state index contributed by atoms with van der Waals surface area (Å²) in [4.78, 5) is 26.8. The fourth-order valence-corrected chi connectivity index (χ4v) is 9.72. The van der Waals surface area contributed by atoms with E-state index in [1.54, 1.807) is 5.57 Å². The van der Waals surface area contributed by atoms with Crippen LogP contribution in [0.1, 0.15) is 123 Å². The van der Waals surface area contributed by atoms with E-state index in [0.29, 0.717) is 49.7 Å². The van der Waals surface area contributed by atoms with E-state index in [2.05, 4.69) is 60.6 Å². The molecule has 7 nitrogen and oxygen atoms in total. The molecule has 1 amide bonds. The molecule has 1 aromatic carbocycles. The smallest absolute Gasteiger partial charge is 0.407 e. The molecule has 0 saturated heterocycles. The first-order chi connectivity index (χ1) is 23.8. The number of ketones is 1. The highest BCUT2D eigenvalue weighted by Gasteiger charge is 2.55. The fraction of sp³-hybridized carbons (Fsp3) is 0.714. The summed E-state index contributed by atoms with van der Waals surface area (Å²) in [5, 5.41) is 17.4. The highest BCUT2D eigenvalue weighted by atomic mass is 16.5. The second-order valence-corrected chi connectivity index (χ2v) is 15.6. The van der Waals surface area contributed by atoms with E-state index >= 15 is 0 Å². The number of allylic oxidation sites excluding steroid dienone is 4. The van der Waals surface area contributed by atoms with Gasteiger partial charge in [-0.25, -0.2) is 4.79 Å². The van der Waals surface area contributed by atoms with Crippen LogP contribution in [0, 0.1) is 23.2 Å². The average Bonchev–Trinajstić information content (AvgIpc) is 3.40. The van der Waals surface area contributed by atoms with Crippen LogP contribution >= 0.6 is 0 Å². The molecular weight excluding hydrogens is 610 g/mol. The van der Waals surface area contributed by atoms with Gasteiger partial charge in [0.15, 0.2) is 5.78 Å². The van der Waals surface area contributed by atoms with Gasteiger partial charge in [0.05, 0.1) is 6.10 Å². The Bertz CT molecular complexity index is 1280. The molecule has 2 unspecified atom stereocenters. The fourth-order valence-electron chi connectivity index (χ4n) is 9.72. The van der Waals surface area contributed by atoms with Gasteiger partial charge in [-0.1, -0.05) is 57.7 Å². The number of carbonyl (C=O) groups is 2. The first-order valence-electron chi connectivity index (χ1n) is 19.9. The van der Waals surface area contributed by atoms with Gasteiger partial charge in [0.25, 0.3) is 0 Å². The third-order valence-electron chi connectivity index (χ3n) is 12.2. The number of fused-ring (bicyclic) bond motifs is 4. The predicted molar refractivity (Wildman–Crippen MR) is 200 cm³/mol. The van der Waals surface area contributed by atoms with Crippen LogP contribution in [0.5, 0.6) is 0 Å². The normalized spacial score (nSPS) is 26.1. The SMILES string of the molecule is CCCN(CCC)c1ccc(CCCNC(=O)OCCNCCCCCC[C@H]2C[C@@]3(C)C(CC[C@@H]3O)C3CCC4=CC(=O)CCC4=C32)cc1. The van der Waals surface area contributed by atoms with E-state index in [-0.39, 0.29) is 17.6 Å². The number of hydrogen-bond donors (Lipinski definition) is 3. The minimum absolute atomic E-state index is 0.0471. The van der Waals surface area contributed by atoms with E-state index in [9.17, 15) is 14.7 Å². The molecule has 4 aliphatic carbocycles. The molecule has 272 valence electrons. The Hall–Kier alpha value is -2.64. The number of alkyl carbamates (subject to hydrolysis) is 1. The van der Waals surface area contributed by atoms with Crippen molar-refractivity contribution in [2.45, 2.75) is 130 Å². The molecule has 49 heavy (non-hydrogen) atoms. The monoisotopic (exact) mass is 675 g/mol. The number of benzene rings is 1. The highest BCUT2D eigenvalue weighted by molar-refractivity contribution is 5.93. The van der Waals surface area contributed by atoms with Gasteiger partial charge < -0.3 is 25.4 Å². The van der Waals surface area contributed by atoms with Crippen LogP contribution < -0.4 is 15.5 Å². The Morgan fingerprint density at radius 1 is 0.939 bits per heavy atom. The van der Waals surface area contributed by atoms with Gasteiger partial charge in [-0.15, -0.1) is 0 Å². The lowest BCUT2D eigenvalue weighted by atomic mass is 9.53. The number of aryl methyl sites for hydroxylation is 1. The average molecular weight is 676 g/mol. The van der Waals surface area contributed by atoms with Crippen molar-refractivity contribution in [1.82, 2.24) is 10.6 Å². The van der Waals surface area contributed by atoms with Crippen molar-refractivity contribution >= 4 is 17.6 Å². The first kappa shape index (κ1) is 37.6. The topological polar surface area (TPSA) is 90.9 Å². The first-order valence-corrected chi connectivity index (χ1v) is 19.9. The van der Waals surface area contributed by atoms with Crippen molar-refractivity contribution in [3.8, 4) is 0 Å². The number of anilines is 1. The zero-order chi connectivity index (χ0) is 34.6. The standard InChI is InChI=1S/C42H65N3O4/c1-4-26-45(27-5-2)34-16-13-31(14-17-34)11-10-24-44-41(48)49-28-25-43-23-9-7-6-8-12-33-30-42(3)38(21-22-39(42)47)37-19-15-32-29-35(46)18-20-36(32)40(33)37/h13-14,16-17,29,33,37-39,43,47H,4-12,15,18-28,30H2,1-3H3,(H,44,48)/t33-,37?,38?,39-,42-/m0/s1. The van der Waals surface area contributed by atoms with Gasteiger partial charge in [-0.3, -0.25) is 4.79 Å². The number of aliphatic hydroxyl groups excluding tert-OH is 1. The second-order valence-electron chi connectivity index (χ2n) is 15.6. The summed E-state index contributed by atoms with van der Waals surface area (Å²) in [7, 11) is 0. The number of ether oxygens (including phenoxy) is 1. The maximum atomic E-state index is 12.2. The molecule has 0 aliphatic heterocycles. The third-order valence-corrected chi connectivity index (χ3v) is 12.2. The number of nitrogens with one attached hydrogen (secondary N) is 2. The maximum Gasteiger partial charge on any atom is 0.407 e. The molecule has 2 fully saturated rings. The summed E-state index contributed by atoms with van der Waals surface area (Å²) >= 11 is 0. The van der Waals surface area contributed by atoms with Crippen LogP contribution in [0.15, 0.2) is 47.1 Å². The molecular formula is C42H65N3O4. The van der Waals surface area contributed by atoms with Gasteiger partial charge in [0.2, 0.25) is 0 Å². The summed E-state index contributed by atoms with van der Waals surface area (Å²) in [6, 6.07) is 8.87. The van der Waals surface area contributed by atoms with Gasteiger partial charge in [0, 0.05) is 38.3 Å². The summed E-state index contributed by atoms with van der Waals surface area (Å²) in [5.41, 5.74) is 7.20. The lowest BCUT2D eigenvalue weighted by Crippen LogP contribution is -2.45. The van der Waals surface area contributed by atoms with Gasteiger partial charge >= 0.3 is 6.09 Å². The van der Waals surface area contributed by atoms with E-state index < -0.39 is 0 Å². The lowest BCUT2D eigenvalue weighted by molar-refractivity contribution is -0.114. The molecule has 3 N–H and O–H groups in total. The van der Waals surface area contributed by atoms with E-state index in [1.807, 2.05) is 6.08 Å². The minimum Gasteiger partial charge on any atom is -0.448 e. The van der Waals surface area contributed by atoms with E-state index in [1.165, 1.54) is 48.1 Å². The van der Waals surface area contributed by atoms with E-state index in [4.69, 9.17) is 4.74 Å². The lowest BCUT2D eigenvalue weighted by Gasteiger charge is -2.52. The molecule has 7 heteroatoms. The number of rotatable bonds is 19. The van der Waals surface area contributed by atoms with Crippen molar-refractivity contribution in [2.24, 2.45) is 23.2 Å². The van der Waals surface area contributed by atoms with Gasteiger partial charge in [0.1, 0.15) is 6.61 Å². The Kier molecular flexibility index (Phi) is 14.2. The Balaban J connectivity index is 0.922. The maximum absolute atomic E-state index is 12.2. The van der Waals surface area contributed by atoms with Crippen molar-refractivity contribution in [2.75, 3.05) is 44.2 Å². The zero-order valence-electron chi connectivity index (χ0n) is 30.9. The number of aliphatic hydroxyl groups is 1. The summed E-state index contributed by atoms with van der Waals surface area (Å²) in [6.45, 7) is 11.6. The predicted octanol–water partition coefficient (Wildman–Crippen LogP) is 8.30. The second kappa shape index (κ2) is 18.6. The molecule has 5 atom stereocenters. The molecule has 2 saturated carbocycles. The van der Waals surface area contributed by atoms with Crippen LogP contribution in [0.3, 0.4) is 0 Å². The Morgan fingerprint density at radius 2 is 1.71 bits per heavy atom. The third kappa shape index (κ3) is 9.78. The number of unbranched alkanes of at least 4 members (excludes halogenated alkanes) is 3. The summed E-state index contributed by atoms with van der Waals surface area (Å²) in [5.74, 6) is 2.05. The molecule has 5 rings (SSSR count). The number of nitrogens with zero attached hydrogens (tertiary/aromatic N) is 1. The number of hydrogen-bond acceptors (Lipinski definition) is 6. The molecule has 0 spiro atoms. The molecule has 0 heterocycles. The Morgan fingerprint density at radius 3 is 2.49 bits per heavy atom. The summed E-state index contributed by atoms with van der Waals surface area (Å²) in [6.07, 6.45) is 18.5. The number of carbonyl (C=O) groups excluding carboxylic acids is 2. The van der Waals surface area contributed by atoms with E-state index in [0.717, 1.165) is 90.3 Å². The summed E-state index contributed by atoms with van der Waals surface area (Å²) < 4.78 is 5.36. The van der Waals surface area contributed by atoms with Gasteiger partial charge in [-0.05, 0) is 142 Å². The van der Waals surface area contributed by atoms with Crippen molar-refractivity contribution < 1.29 is 19.4 Å². The Labute approximate surface area is 296 Å². The quantitative estimate of drug-likeness (QED) is 0.128. The molecule has 1 aromatic rings. The van der Waals surface area contributed by atoms with Crippen molar-refractivity contribution in [3.05, 3.63) is 52.6 Å². The van der Waals surface area contributed by atoms with Crippen LogP contribution in [0.2, 0.25) is 0 Å².